The molecule has 68 heavy (non-hydrogen) atoms. The summed E-state index contributed by atoms with van der Waals surface area (Å²) in [6.07, 6.45) is 3.01. The fourth-order valence-electron chi connectivity index (χ4n) is 6.80. The lowest BCUT2D eigenvalue weighted by atomic mass is 10.0. The maximum absolute atomic E-state index is 14.4. The Morgan fingerprint density at radius 2 is 1.46 bits per heavy atom. The fraction of sp³-hybridized carbons (Fsp3) is 0.535. The molecule has 1 saturated heterocycles. The Bertz CT molecular complexity index is 2070. The lowest BCUT2D eigenvalue weighted by Crippen LogP contribution is -2.61. The van der Waals surface area contributed by atoms with Crippen molar-refractivity contribution >= 4 is 65.0 Å². The third-order valence-electron chi connectivity index (χ3n) is 10.6. The van der Waals surface area contributed by atoms with E-state index in [9.17, 15) is 47.9 Å². The van der Waals surface area contributed by atoms with Crippen molar-refractivity contribution in [2.24, 2.45) is 11.5 Å². The van der Waals surface area contributed by atoms with Gasteiger partial charge >= 0.3 is 0 Å². The van der Waals surface area contributed by atoms with Gasteiger partial charge in [-0.05, 0) is 38.2 Å². The third kappa shape index (κ3) is 19.9. The lowest BCUT2D eigenvalue weighted by molar-refractivity contribution is -0.136. The zero-order chi connectivity index (χ0) is 50.2. The average molecular weight is 952 g/mol. The summed E-state index contributed by atoms with van der Waals surface area (Å²) < 4.78 is 0. The van der Waals surface area contributed by atoms with Gasteiger partial charge in [-0.15, -0.1) is 0 Å². The number of hydrogen-bond acceptors (Lipinski definition) is 12. The van der Waals surface area contributed by atoms with E-state index in [1.54, 1.807) is 30.3 Å². The Labute approximate surface area is 393 Å². The van der Waals surface area contributed by atoms with Crippen molar-refractivity contribution in [3.05, 3.63) is 54.1 Å². The molecular formula is C43H65N15O10. The van der Waals surface area contributed by atoms with Crippen LogP contribution in [0.1, 0.15) is 83.4 Å². The van der Waals surface area contributed by atoms with Crippen LogP contribution >= 0.6 is 0 Å². The highest BCUT2D eigenvalue weighted by Crippen LogP contribution is 2.09. The van der Waals surface area contributed by atoms with Gasteiger partial charge in [0.2, 0.25) is 59.1 Å². The summed E-state index contributed by atoms with van der Waals surface area (Å²) in [5.74, 6) is -8.17. The topological polar surface area (TPSA) is 396 Å². The van der Waals surface area contributed by atoms with Crippen molar-refractivity contribution in [3.63, 3.8) is 0 Å². The predicted molar refractivity (Wildman–Crippen MR) is 245 cm³/mol. The van der Waals surface area contributed by atoms with Crippen LogP contribution in [0.2, 0.25) is 0 Å². The van der Waals surface area contributed by atoms with Gasteiger partial charge in [0.25, 0.3) is 0 Å². The summed E-state index contributed by atoms with van der Waals surface area (Å²) in [5, 5.41) is 33.4. The van der Waals surface area contributed by atoms with E-state index in [2.05, 4.69) is 63.1 Å². The minimum absolute atomic E-state index is 0.0825. The number of aromatic nitrogens is 2. The minimum atomic E-state index is -1.54. The van der Waals surface area contributed by atoms with Crippen LogP contribution < -0.4 is 64.6 Å². The summed E-state index contributed by atoms with van der Waals surface area (Å²) in [7, 11) is 0. The highest BCUT2D eigenvalue weighted by molar-refractivity contribution is 5.98. The first-order chi connectivity index (χ1) is 32.4. The molecule has 2 aromatic rings. The number of nitrogens with zero attached hydrogens (tertiary/aromatic N) is 1. The highest BCUT2D eigenvalue weighted by Gasteiger charge is 2.34. The largest absolute Gasteiger partial charge is 0.370 e. The van der Waals surface area contributed by atoms with Crippen LogP contribution in [0.25, 0.3) is 0 Å². The first-order valence-electron chi connectivity index (χ1n) is 22.4. The molecule has 0 aliphatic carbocycles. The molecule has 1 aromatic heterocycles. The van der Waals surface area contributed by atoms with Crippen LogP contribution in [0.15, 0.2) is 42.9 Å². The lowest BCUT2D eigenvalue weighted by Gasteiger charge is -2.28. The number of imidazole rings is 1. The van der Waals surface area contributed by atoms with Crippen LogP contribution in [-0.4, -0.2) is 137 Å². The van der Waals surface area contributed by atoms with E-state index in [1.807, 2.05) is 6.92 Å². The van der Waals surface area contributed by atoms with E-state index < -0.39 is 108 Å². The van der Waals surface area contributed by atoms with E-state index in [1.165, 1.54) is 26.4 Å². The van der Waals surface area contributed by atoms with E-state index >= 15 is 0 Å². The number of nitrogens with one attached hydrogen (secondary N) is 12. The van der Waals surface area contributed by atoms with Gasteiger partial charge in [-0.25, -0.2) is 4.98 Å². The van der Waals surface area contributed by atoms with Gasteiger partial charge in [-0.3, -0.25) is 53.4 Å². The number of carbonyl (C=O) groups is 10. The van der Waals surface area contributed by atoms with Crippen molar-refractivity contribution in [1.82, 2.24) is 63.1 Å². The Morgan fingerprint density at radius 3 is 2.07 bits per heavy atom. The molecule has 2 heterocycles. The van der Waals surface area contributed by atoms with Gasteiger partial charge in [0.15, 0.2) is 5.96 Å². The van der Waals surface area contributed by atoms with E-state index in [0.29, 0.717) is 24.1 Å². The van der Waals surface area contributed by atoms with E-state index in [-0.39, 0.29) is 70.4 Å². The quantitative estimate of drug-likeness (QED) is 0.0409. The predicted octanol–water partition coefficient (Wildman–Crippen LogP) is -4.02. The Kier molecular flexibility index (Phi) is 22.9. The van der Waals surface area contributed by atoms with Crippen molar-refractivity contribution in [1.29, 1.82) is 5.41 Å². The molecule has 3 rings (SSSR count). The third-order valence-corrected chi connectivity index (χ3v) is 10.6. The van der Waals surface area contributed by atoms with Gasteiger partial charge in [-0.2, -0.15) is 0 Å². The molecule has 0 radical (unpaired) electrons. The normalized spacial score (nSPS) is 21.2. The monoisotopic (exact) mass is 952 g/mol. The molecule has 372 valence electrons. The van der Waals surface area contributed by atoms with Crippen molar-refractivity contribution in [3.8, 4) is 0 Å². The maximum Gasteiger partial charge on any atom is 0.245 e. The van der Waals surface area contributed by atoms with Crippen molar-refractivity contribution < 1.29 is 47.9 Å². The molecule has 0 bridgehead atoms. The number of guanidine groups is 1. The Hall–Kier alpha value is -7.60. The number of amides is 10. The molecule has 1 aliphatic rings. The number of unbranched alkanes of at least 4 members (excludes halogenated alkanes) is 1. The Balaban J connectivity index is 2.11. The number of primary amides is 1. The van der Waals surface area contributed by atoms with Gasteiger partial charge in [-0.1, -0.05) is 50.1 Å². The van der Waals surface area contributed by atoms with Crippen LogP contribution in [-0.2, 0) is 60.8 Å². The van der Waals surface area contributed by atoms with Gasteiger partial charge < -0.3 is 69.6 Å². The molecule has 10 amide bonds. The van der Waals surface area contributed by atoms with Crippen LogP contribution in [0.3, 0.4) is 0 Å². The van der Waals surface area contributed by atoms with Crippen LogP contribution in [0.4, 0.5) is 0 Å². The van der Waals surface area contributed by atoms with Gasteiger partial charge in [0.05, 0.1) is 12.0 Å². The summed E-state index contributed by atoms with van der Waals surface area (Å²) in [6.45, 7) is 3.82. The molecule has 7 atom stereocenters. The molecule has 16 N–H and O–H groups in total. The number of rotatable bonds is 17. The van der Waals surface area contributed by atoms with E-state index in [0.717, 1.165) is 0 Å². The number of aromatic amines is 1. The number of carbonyl (C=O) groups excluding carboxylic acids is 10. The molecular weight excluding hydrogens is 887 g/mol. The zero-order valence-electron chi connectivity index (χ0n) is 38.5. The molecule has 0 spiro atoms. The first-order valence-corrected chi connectivity index (χ1v) is 22.4. The van der Waals surface area contributed by atoms with E-state index in [4.69, 9.17) is 16.9 Å². The highest BCUT2D eigenvalue weighted by atomic mass is 16.2. The summed E-state index contributed by atoms with van der Waals surface area (Å²) in [6, 6.07) is -0.850. The maximum atomic E-state index is 14.4. The molecule has 0 saturated carbocycles. The number of H-pyrrole nitrogens is 1. The first kappa shape index (κ1) is 54.7. The number of nitrogens with two attached hydrogens (primary N) is 2. The molecule has 25 heteroatoms. The number of hydrogen-bond donors (Lipinski definition) is 14. The SMILES string of the molecule is CCCC[C@H](NC(C)=O)C(=O)N[C@H]1CNC(=O)CCC(=O)NCC[C@@H](C(=O)N[C@@H](C)C(N)=O)NC(=O)[C@H](CCCNC(=N)N)NC(=O)[C@@H](Cc2ccccc2)NC(=O)[C@H](Cc2c[nH]cn2)NC1=O. The standard InChI is InChI=1S/C43H65N15O10/c1-4-5-12-28(53-25(3)59)38(64)58-33-22-50-35(61)15-14-34(60)48-18-16-30(37(63)52-24(2)36(44)62)55-39(65)29(13-9-17-49-43(45)46)54-40(66)31(19-26-10-7-6-8-11-26)56-41(67)32(57-42(33)68)20-27-21-47-23-51-27/h6-8,10-11,21,23-24,28-33H,4-5,9,12-20,22H2,1-3H3,(H2,44,62)(H,47,51)(H,48,60)(H,50,61)(H,52,63)(H,53,59)(H,54,66)(H,55,65)(H,56,67)(H,57,68)(H,58,64)(H4,45,46,49)/t24-,28-,29-,30-,31+,32-,33-/m0/s1. The van der Waals surface area contributed by atoms with Gasteiger partial charge in [0, 0.05) is 58.4 Å². The molecule has 1 aromatic carbocycles. The second kappa shape index (κ2) is 28.4. The minimum Gasteiger partial charge on any atom is -0.370 e. The summed E-state index contributed by atoms with van der Waals surface area (Å²) in [4.78, 5) is 141. The summed E-state index contributed by atoms with van der Waals surface area (Å²) >= 11 is 0. The van der Waals surface area contributed by atoms with Crippen LogP contribution in [0, 0.1) is 5.41 Å². The smallest absolute Gasteiger partial charge is 0.245 e. The molecule has 1 fully saturated rings. The molecule has 25 nitrogen and oxygen atoms in total. The summed E-state index contributed by atoms with van der Waals surface area (Å²) in [5.41, 5.74) is 11.7. The second-order valence-corrected chi connectivity index (χ2v) is 16.2. The van der Waals surface area contributed by atoms with Crippen LogP contribution in [0.5, 0.6) is 0 Å². The van der Waals surface area contributed by atoms with Gasteiger partial charge in [0.1, 0.15) is 42.3 Å². The van der Waals surface area contributed by atoms with Crippen molar-refractivity contribution in [2.45, 2.75) is 127 Å². The Morgan fingerprint density at radius 1 is 0.824 bits per heavy atom. The zero-order valence-corrected chi connectivity index (χ0v) is 38.5. The average Bonchev–Trinajstić information content (AvgIpc) is 3.81. The molecule has 0 unspecified atom stereocenters. The number of benzene rings is 1. The second-order valence-electron chi connectivity index (χ2n) is 16.2. The molecule has 1 aliphatic heterocycles. The fourth-order valence-corrected chi connectivity index (χ4v) is 6.80. The van der Waals surface area contributed by atoms with Crippen molar-refractivity contribution in [2.75, 3.05) is 19.6 Å².